The number of aliphatic imine (C=N–C) groups is 1. The Kier molecular flexibility index (Phi) is 7.32. The van der Waals surface area contributed by atoms with Crippen molar-refractivity contribution < 1.29 is 4.42 Å². The molecule has 2 aromatic heterocycles. The number of aromatic nitrogens is 2. The van der Waals surface area contributed by atoms with E-state index in [0.29, 0.717) is 6.54 Å². The number of hydrogen-bond acceptors (Lipinski definition) is 3. The maximum absolute atomic E-state index is 5.34. The summed E-state index contributed by atoms with van der Waals surface area (Å²) in [4.78, 5) is 4.65. The van der Waals surface area contributed by atoms with Crippen LogP contribution < -0.4 is 10.6 Å². The third-order valence-corrected chi connectivity index (χ3v) is 4.17. The fraction of sp³-hybridized carbons (Fsp3) is 0.474. The molecule has 0 saturated carbocycles. The molecule has 0 bridgehead atoms. The molecule has 0 atom stereocenters. The highest BCUT2D eigenvalue weighted by Crippen LogP contribution is 2.13. The molecular formula is C19H29N5O. The smallest absolute Gasteiger partial charge is 0.191 e. The first-order valence-electron chi connectivity index (χ1n) is 8.76. The Morgan fingerprint density at radius 3 is 2.84 bits per heavy atom. The van der Waals surface area contributed by atoms with Crippen molar-refractivity contribution in [2.75, 3.05) is 19.6 Å². The standard InChI is InChI=1S/C19H29N5O/c1-5-11-20-19(22-13-10-17-8-7-14-25-17)21-12-6-9-18-15(2)23-24(4)16(18)3/h5,7-8,14H,1,6,9-13H2,2-4H3,(H2,20,21,22). The summed E-state index contributed by atoms with van der Waals surface area (Å²) in [7, 11) is 1.99. The first-order valence-corrected chi connectivity index (χ1v) is 8.76. The Bertz CT molecular complexity index is 685. The van der Waals surface area contributed by atoms with Gasteiger partial charge in [0, 0.05) is 38.8 Å². The quantitative estimate of drug-likeness (QED) is 0.318. The van der Waals surface area contributed by atoms with Crippen molar-refractivity contribution in [2.45, 2.75) is 33.1 Å². The van der Waals surface area contributed by atoms with Gasteiger partial charge in [-0.1, -0.05) is 6.08 Å². The molecule has 0 aliphatic rings. The van der Waals surface area contributed by atoms with Gasteiger partial charge in [-0.05, 0) is 44.4 Å². The van der Waals surface area contributed by atoms with Crippen LogP contribution in [0.3, 0.4) is 0 Å². The van der Waals surface area contributed by atoms with Crippen LogP contribution in [0.15, 0.2) is 40.5 Å². The third-order valence-electron chi connectivity index (χ3n) is 4.17. The molecule has 0 amide bonds. The molecule has 25 heavy (non-hydrogen) atoms. The highest BCUT2D eigenvalue weighted by atomic mass is 16.3. The van der Waals surface area contributed by atoms with Gasteiger partial charge < -0.3 is 15.1 Å². The van der Waals surface area contributed by atoms with Gasteiger partial charge >= 0.3 is 0 Å². The largest absolute Gasteiger partial charge is 0.469 e. The minimum atomic E-state index is 0.688. The van der Waals surface area contributed by atoms with E-state index in [9.17, 15) is 0 Å². The third kappa shape index (κ3) is 5.81. The van der Waals surface area contributed by atoms with E-state index in [1.807, 2.05) is 29.9 Å². The molecule has 6 nitrogen and oxygen atoms in total. The zero-order valence-electron chi connectivity index (χ0n) is 15.5. The summed E-state index contributed by atoms with van der Waals surface area (Å²) < 4.78 is 7.29. The Labute approximate surface area is 150 Å². The summed E-state index contributed by atoms with van der Waals surface area (Å²) in [5.74, 6) is 1.78. The molecule has 0 spiro atoms. The first kappa shape index (κ1) is 18.8. The molecule has 0 aliphatic carbocycles. The van der Waals surface area contributed by atoms with Crippen LogP contribution in [-0.2, 0) is 19.9 Å². The molecule has 6 heteroatoms. The van der Waals surface area contributed by atoms with E-state index in [1.54, 1.807) is 6.26 Å². The molecular weight excluding hydrogens is 314 g/mol. The van der Waals surface area contributed by atoms with Crippen molar-refractivity contribution in [3.05, 3.63) is 53.8 Å². The SMILES string of the molecule is C=CCNC(=NCCCc1c(C)nn(C)c1C)NCCc1ccco1. The highest BCUT2D eigenvalue weighted by molar-refractivity contribution is 5.79. The van der Waals surface area contributed by atoms with E-state index in [0.717, 1.165) is 49.8 Å². The van der Waals surface area contributed by atoms with Crippen LogP contribution in [0.2, 0.25) is 0 Å². The number of rotatable bonds is 9. The number of guanidine groups is 1. The summed E-state index contributed by atoms with van der Waals surface area (Å²) in [6, 6.07) is 3.89. The second-order valence-corrected chi connectivity index (χ2v) is 6.03. The number of nitrogens with one attached hydrogen (secondary N) is 2. The molecule has 0 radical (unpaired) electrons. The van der Waals surface area contributed by atoms with E-state index in [-0.39, 0.29) is 0 Å². The maximum atomic E-state index is 5.34. The number of hydrogen-bond donors (Lipinski definition) is 2. The molecule has 0 unspecified atom stereocenters. The summed E-state index contributed by atoms with van der Waals surface area (Å²) in [6.07, 6.45) is 6.34. The zero-order valence-corrected chi connectivity index (χ0v) is 15.5. The van der Waals surface area contributed by atoms with Gasteiger partial charge in [0.25, 0.3) is 0 Å². The van der Waals surface area contributed by atoms with Crippen molar-refractivity contribution >= 4 is 5.96 Å². The molecule has 0 aliphatic heterocycles. The Morgan fingerprint density at radius 2 is 2.20 bits per heavy atom. The van der Waals surface area contributed by atoms with Gasteiger partial charge in [-0.15, -0.1) is 6.58 Å². The minimum Gasteiger partial charge on any atom is -0.469 e. The van der Waals surface area contributed by atoms with Crippen LogP contribution in [0.25, 0.3) is 0 Å². The van der Waals surface area contributed by atoms with Crippen LogP contribution >= 0.6 is 0 Å². The summed E-state index contributed by atoms with van der Waals surface area (Å²) in [5, 5.41) is 11.0. The molecule has 136 valence electrons. The van der Waals surface area contributed by atoms with E-state index < -0.39 is 0 Å². The molecule has 0 saturated heterocycles. The normalized spacial score (nSPS) is 11.6. The van der Waals surface area contributed by atoms with Crippen molar-refractivity contribution in [3.8, 4) is 0 Å². The van der Waals surface area contributed by atoms with Gasteiger partial charge in [-0.25, -0.2) is 0 Å². The zero-order chi connectivity index (χ0) is 18.1. The molecule has 2 heterocycles. The Hall–Kier alpha value is -2.50. The monoisotopic (exact) mass is 343 g/mol. The fourth-order valence-electron chi connectivity index (χ4n) is 2.73. The molecule has 0 aromatic carbocycles. The first-order chi connectivity index (χ1) is 12.1. The number of aryl methyl sites for hydroxylation is 2. The van der Waals surface area contributed by atoms with Gasteiger partial charge in [-0.2, -0.15) is 5.10 Å². The van der Waals surface area contributed by atoms with E-state index in [2.05, 4.69) is 41.2 Å². The summed E-state index contributed by atoms with van der Waals surface area (Å²) in [5.41, 5.74) is 3.69. The minimum absolute atomic E-state index is 0.688. The average molecular weight is 343 g/mol. The number of nitrogens with zero attached hydrogens (tertiary/aromatic N) is 3. The van der Waals surface area contributed by atoms with Crippen LogP contribution in [0, 0.1) is 13.8 Å². The van der Waals surface area contributed by atoms with Gasteiger partial charge in [0.1, 0.15) is 5.76 Å². The van der Waals surface area contributed by atoms with Gasteiger partial charge in [0.15, 0.2) is 5.96 Å². The van der Waals surface area contributed by atoms with Crippen molar-refractivity contribution in [3.63, 3.8) is 0 Å². The highest BCUT2D eigenvalue weighted by Gasteiger charge is 2.08. The van der Waals surface area contributed by atoms with Gasteiger partial charge in [-0.3, -0.25) is 9.67 Å². The lowest BCUT2D eigenvalue weighted by Crippen LogP contribution is -2.38. The lowest BCUT2D eigenvalue weighted by Gasteiger charge is -2.11. The Morgan fingerprint density at radius 1 is 1.36 bits per heavy atom. The second-order valence-electron chi connectivity index (χ2n) is 6.03. The molecule has 2 rings (SSSR count). The molecule has 2 N–H and O–H groups in total. The van der Waals surface area contributed by atoms with Crippen molar-refractivity contribution in [2.24, 2.45) is 12.0 Å². The lowest BCUT2D eigenvalue weighted by molar-refractivity contribution is 0.507. The lowest BCUT2D eigenvalue weighted by atomic mass is 10.1. The average Bonchev–Trinajstić information content (AvgIpc) is 3.19. The Balaban J connectivity index is 1.80. The topological polar surface area (TPSA) is 67.4 Å². The van der Waals surface area contributed by atoms with Gasteiger partial charge in [0.05, 0.1) is 12.0 Å². The molecule has 2 aromatic rings. The van der Waals surface area contributed by atoms with Crippen LogP contribution in [0.5, 0.6) is 0 Å². The van der Waals surface area contributed by atoms with Crippen molar-refractivity contribution in [1.29, 1.82) is 0 Å². The van der Waals surface area contributed by atoms with Crippen LogP contribution in [-0.4, -0.2) is 35.4 Å². The van der Waals surface area contributed by atoms with E-state index in [1.165, 1.54) is 11.3 Å². The molecule has 0 fully saturated rings. The van der Waals surface area contributed by atoms with Gasteiger partial charge in [0.2, 0.25) is 0 Å². The van der Waals surface area contributed by atoms with Crippen LogP contribution in [0.1, 0.15) is 29.1 Å². The predicted octanol–water partition coefficient (Wildman–Crippen LogP) is 2.53. The second kappa shape index (κ2) is 9.71. The fourth-order valence-corrected chi connectivity index (χ4v) is 2.73. The van der Waals surface area contributed by atoms with E-state index >= 15 is 0 Å². The number of furan rings is 1. The maximum Gasteiger partial charge on any atom is 0.191 e. The van der Waals surface area contributed by atoms with Crippen LogP contribution in [0.4, 0.5) is 0 Å². The van der Waals surface area contributed by atoms with E-state index in [4.69, 9.17) is 4.42 Å². The van der Waals surface area contributed by atoms with Crippen molar-refractivity contribution in [1.82, 2.24) is 20.4 Å². The summed E-state index contributed by atoms with van der Waals surface area (Å²) >= 11 is 0. The summed E-state index contributed by atoms with van der Waals surface area (Å²) in [6.45, 7) is 10.2. The predicted molar refractivity (Wildman–Crippen MR) is 102 cm³/mol.